The minimum atomic E-state index is -0.409. The molecule has 10 rings (SSSR count). The van der Waals surface area contributed by atoms with Crippen LogP contribution in [-0.4, -0.2) is 79.0 Å². The van der Waals surface area contributed by atoms with Gasteiger partial charge < -0.3 is 19.4 Å². The van der Waals surface area contributed by atoms with Crippen molar-refractivity contribution in [2.24, 2.45) is 29.6 Å². The molecule has 7 aliphatic rings. The van der Waals surface area contributed by atoms with Gasteiger partial charge in [0.2, 0.25) is 0 Å². The van der Waals surface area contributed by atoms with E-state index in [9.17, 15) is 4.79 Å². The standard InChI is InChI=1S/C40H48N4O3/c1-4-23-21-43-17-15-40-30-11-7-9-13-32(30)44-37(40)29(27(23)19-34(40)43)22-47-38(44)35(39(45)46-3)28-18-33-36-26(14-16-42(33)20-24(28)5-2)25-10-6-8-12-31(25)41-36/h5-13,23,27-29,33-35,37-38,41H,4,14-22H2,1-3H3. The largest absolute Gasteiger partial charge is 0.469 e. The van der Waals surface area contributed by atoms with Crippen molar-refractivity contribution >= 4 is 22.6 Å². The molecule has 7 nitrogen and oxygen atoms in total. The SMILES string of the molecule is CC=C1CN2CCc3c([nH]c4ccccc34)C2CC1C(C(=O)OC)C1OCC2C3CC4N(CCC45c4ccccc4N1C25)CC3CC. The number of piperidine rings is 2. The number of hydrogen-bond donors (Lipinski definition) is 1. The lowest BCUT2D eigenvalue weighted by Gasteiger charge is -2.61. The fourth-order valence-corrected chi connectivity index (χ4v) is 12.5. The number of carbonyl (C=O) groups is 1. The van der Waals surface area contributed by atoms with Crippen molar-refractivity contribution in [1.82, 2.24) is 14.8 Å². The van der Waals surface area contributed by atoms with Crippen molar-refractivity contribution in [1.29, 1.82) is 0 Å². The average Bonchev–Trinajstić information content (AvgIpc) is 3.80. The average molecular weight is 633 g/mol. The number of allylic oxidation sites excluding steroid dienone is 1. The highest BCUT2D eigenvalue weighted by Gasteiger charge is 2.70. The molecule has 47 heavy (non-hydrogen) atoms. The molecule has 1 aliphatic carbocycles. The number of para-hydroxylation sites is 2. The van der Waals surface area contributed by atoms with Gasteiger partial charge in [0.1, 0.15) is 12.1 Å². The van der Waals surface area contributed by atoms with Crippen LogP contribution in [0, 0.1) is 29.6 Å². The molecule has 6 aliphatic heterocycles. The molecule has 7 heteroatoms. The molecule has 3 aromatic rings. The topological polar surface area (TPSA) is 61.0 Å². The van der Waals surface area contributed by atoms with E-state index in [-0.39, 0.29) is 29.6 Å². The number of anilines is 1. The van der Waals surface area contributed by atoms with Gasteiger partial charge in [-0.1, -0.05) is 61.4 Å². The highest BCUT2D eigenvalue weighted by atomic mass is 16.5. The summed E-state index contributed by atoms with van der Waals surface area (Å²) in [6, 6.07) is 19.1. The lowest BCUT2D eigenvalue weighted by Crippen LogP contribution is -2.71. The smallest absolute Gasteiger partial charge is 0.313 e. The van der Waals surface area contributed by atoms with Crippen LogP contribution in [0.1, 0.15) is 62.4 Å². The van der Waals surface area contributed by atoms with Crippen molar-refractivity contribution in [3.05, 3.63) is 77.0 Å². The minimum absolute atomic E-state index is 0.0304. The Morgan fingerprint density at radius 2 is 1.96 bits per heavy atom. The Hall–Kier alpha value is -3.13. The van der Waals surface area contributed by atoms with Crippen LogP contribution in [0.4, 0.5) is 5.69 Å². The van der Waals surface area contributed by atoms with Gasteiger partial charge >= 0.3 is 5.97 Å². The van der Waals surface area contributed by atoms with Crippen LogP contribution in [0.15, 0.2) is 60.2 Å². The molecule has 0 radical (unpaired) electrons. The monoisotopic (exact) mass is 632 g/mol. The number of rotatable bonds is 4. The summed E-state index contributed by atoms with van der Waals surface area (Å²) in [6.07, 6.45) is 7.58. The molecular weight excluding hydrogens is 584 g/mol. The van der Waals surface area contributed by atoms with Gasteiger partial charge in [0.15, 0.2) is 0 Å². The summed E-state index contributed by atoms with van der Waals surface area (Å²) in [5, 5.41) is 1.35. The van der Waals surface area contributed by atoms with Gasteiger partial charge in [-0.2, -0.15) is 0 Å². The molecule has 10 unspecified atom stereocenters. The number of methoxy groups -OCH3 is 1. The molecule has 2 aromatic carbocycles. The number of fused-ring (bicyclic) bond motifs is 9. The van der Waals surface area contributed by atoms with Gasteiger partial charge in [-0.3, -0.25) is 14.6 Å². The summed E-state index contributed by atoms with van der Waals surface area (Å²) in [5.74, 6) is 1.35. The van der Waals surface area contributed by atoms with E-state index >= 15 is 0 Å². The van der Waals surface area contributed by atoms with Crippen LogP contribution in [-0.2, 0) is 26.1 Å². The van der Waals surface area contributed by atoms with Gasteiger partial charge in [0.25, 0.3) is 0 Å². The van der Waals surface area contributed by atoms with Crippen LogP contribution in [0.25, 0.3) is 10.9 Å². The molecule has 7 heterocycles. The number of esters is 1. The molecule has 4 saturated heterocycles. The molecule has 2 bridgehead atoms. The summed E-state index contributed by atoms with van der Waals surface area (Å²) in [5.41, 5.74) is 8.28. The Balaban J connectivity index is 1.09. The van der Waals surface area contributed by atoms with E-state index < -0.39 is 5.92 Å². The van der Waals surface area contributed by atoms with Crippen LogP contribution < -0.4 is 4.90 Å². The fraction of sp³-hybridized carbons (Fsp3) is 0.575. The number of carbonyl (C=O) groups excluding carboxylic acids is 1. The second kappa shape index (κ2) is 10.4. The zero-order valence-electron chi connectivity index (χ0n) is 28.0. The molecule has 10 atom stereocenters. The van der Waals surface area contributed by atoms with Crippen molar-refractivity contribution in [2.45, 2.75) is 75.7 Å². The first kappa shape index (κ1) is 28.8. The lowest BCUT2D eigenvalue weighted by atomic mass is 9.54. The van der Waals surface area contributed by atoms with Gasteiger partial charge in [-0.05, 0) is 74.2 Å². The normalized spacial score (nSPS) is 38.5. The van der Waals surface area contributed by atoms with E-state index in [4.69, 9.17) is 9.47 Å². The molecule has 5 fully saturated rings. The maximum atomic E-state index is 14.3. The van der Waals surface area contributed by atoms with Gasteiger partial charge in [0.05, 0.1) is 19.8 Å². The molecule has 1 aromatic heterocycles. The second-order valence-corrected chi connectivity index (χ2v) is 15.7. The Kier molecular flexibility index (Phi) is 6.40. The summed E-state index contributed by atoms with van der Waals surface area (Å²) >= 11 is 0. The van der Waals surface area contributed by atoms with Crippen LogP contribution >= 0.6 is 0 Å². The number of hydrogen-bond acceptors (Lipinski definition) is 6. The zero-order valence-corrected chi connectivity index (χ0v) is 28.0. The van der Waals surface area contributed by atoms with Crippen LogP contribution in [0.5, 0.6) is 0 Å². The lowest BCUT2D eigenvalue weighted by molar-refractivity contribution is -0.165. The van der Waals surface area contributed by atoms with Crippen LogP contribution in [0.2, 0.25) is 0 Å². The Morgan fingerprint density at radius 3 is 2.81 bits per heavy atom. The van der Waals surface area contributed by atoms with Gasteiger partial charge in [-0.25, -0.2) is 0 Å². The number of aromatic amines is 1. The maximum Gasteiger partial charge on any atom is 0.313 e. The Bertz CT molecular complexity index is 1780. The van der Waals surface area contributed by atoms with E-state index in [1.54, 1.807) is 7.11 Å². The highest BCUT2D eigenvalue weighted by Crippen LogP contribution is 2.65. The minimum Gasteiger partial charge on any atom is -0.469 e. The molecule has 0 amide bonds. The number of aromatic nitrogens is 1. The van der Waals surface area contributed by atoms with Crippen molar-refractivity contribution in [3.8, 4) is 0 Å². The highest BCUT2D eigenvalue weighted by molar-refractivity contribution is 5.85. The molecule has 246 valence electrons. The summed E-state index contributed by atoms with van der Waals surface area (Å²) in [7, 11) is 1.58. The summed E-state index contributed by atoms with van der Waals surface area (Å²) in [6.45, 7) is 9.62. The Morgan fingerprint density at radius 1 is 1.11 bits per heavy atom. The first-order valence-corrected chi connectivity index (χ1v) is 18.4. The summed E-state index contributed by atoms with van der Waals surface area (Å²) < 4.78 is 12.9. The molecule has 1 N–H and O–H groups in total. The van der Waals surface area contributed by atoms with E-state index in [1.807, 2.05) is 0 Å². The fourth-order valence-electron chi connectivity index (χ4n) is 12.5. The number of nitrogens with zero attached hydrogens (tertiary/aromatic N) is 3. The molecule has 1 spiro atoms. The second-order valence-electron chi connectivity index (χ2n) is 15.7. The Labute approximate surface area is 278 Å². The van der Waals surface area contributed by atoms with Gasteiger partial charge in [0, 0.05) is 71.3 Å². The number of ether oxygens (including phenoxy) is 2. The predicted molar refractivity (Wildman–Crippen MR) is 183 cm³/mol. The third-order valence-electron chi connectivity index (χ3n) is 14.3. The van der Waals surface area contributed by atoms with Crippen molar-refractivity contribution in [2.75, 3.05) is 44.8 Å². The first-order chi connectivity index (χ1) is 23.1. The zero-order chi connectivity index (χ0) is 31.6. The first-order valence-electron chi connectivity index (χ1n) is 18.4. The van der Waals surface area contributed by atoms with E-state index in [0.717, 1.165) is 32.5 Å². The van der Waals surface area contributed by atoms with E-state index in [2.05, 4.69) is 88.1 Å². The van der Waals surface area contributed by atoms with E-state index in [1.165, 1.54) is 71.3 Å². The third-order valence-corrected chi connectivity index (χ3v) is 14.3. The molecular formula is C40H48N4O3. The van der Waals surface area contributed by atoms with Gasteiger partial charge in [-0.15, -0.1) is 0 Å². The summed E-state index contributed by atoms with van der Waals surface area (Å²) in [4.78, 5) is 26.3. The quantitative estimate of drug-likeness (QED) is 0.279. The van der Waals surface area contributed by atoms with Crippen molar-refractivity contribution in [3.63, 3.8) is 0 Å². The maximum absolute atomic E-state index is 14.3. The van der Waals surface area contributed by atoms with Crippen LogP contribution in [0.3, 0.4) is 0 Å². The van der Waals surface area contributed by atoms with Crippen molar-refractivity contribution < 1.29 is 14.3 Å². The number of benzene rings is 2. The third kappa shape index (κ3) is 3.71. The molecule has 1 saturated carbocycles. The predicted octanol–water partition coefficient (Wildman–Crippen LogP) is 6.06. The number of H-pyrrole nitrogens is 1. The number of nitrogens with one attached hydrogen (secondary N) is 1. The van der Waals surface area contributed by atoms with E-state index in [0.29, 0.717) is 29.8 Å².